The lowest BCUT2D eigenvalue weighted by Gasteiger charge is -2.28. The lowest BCUT2D eigenvalue weighted by atomic mass is 10.2. The molecule has 1 N–H and O–H groups in total. The first-order valence-electron chi connectivity index (χ1n) is 6.55. The first kappa shape index (κ1) is 18.2. The average Bonchev–Trinajstić information content (AvgIpc) is 3.07. The quantitative estimate of drug-likeness (QED) is 0.772. The van der Waals surface area contributed by atoms with E-state index in [4.69, 9.17) is 5.11 Å². The molecule has 0 spiro atoms. The summed E-state index contributed by atoms with van der Waals surface area (Å²) in [5, 5.41) is 8.90. The fourth-order valence-electron chi connectivity index (χ4n) is 1.86. The third kappa shape index (κ3) is 5.78. The van der Waals surface area contributed by atoms with Gasteiger partial charge in [-0.1, -0.05) is 13.8 Å². The molecule has 6 heteroatoms. The third-order valence-corrected chi connectivity index (χ3v) is 3.27. The summed E-state index contributed by atoms with van der Waals surface area (Å²) in [5.41, 5.74) is 0. The van der Waals surface area contributed by atoms with Crippen LogP contribution in [0.3, 0.4) is 0 Å². The molecule has 0 aromatic carbocycles. The third-order valence-electron chi connectivity index (χ3n) is 3.27. The van der Waals surface area contributed by atoms with Gasteiger partial charge in [0.25, 0.3) is 0 Å². The molecule has 0 aromatic heterocycles. The number of rotatable bonds is 7. The molecule has 112 valence electrons. The van der Waals surface area contributed by atoms with Crippen molar-refractivity contribution in [1.82, 2.24) is 9.80 Å². The molecule has 0 radical (unpaired) electrons. The van der Waals surface area contributed by atoms with E-state index in [9.17, 15) is 9.59 Å². The van der Waals surface area contributed by atoms with Gasteiger partial charge in [-0.15, -0.1) is 12.4 Å². The Kier molecular flexibility index (Phi) is 7.37. The molecule has 0 saturated heterocycles. The summed E-state index contributed by atoms with van der Waals surface area (Å²) in [6.45, 7) is 6.72. The predicted molar refractivity (Wildman–Crippen MR) is 76.5 cm³/mol. The molecule has 0 bridgehead atoms. The van der Waals surface area contributed by atoms with Crippen molar-refractivity contribution in [2.24, 2.45) is 5.92 Å². The van der Waals surface area contributed by atoms with Crippen LogP contribution >= 0.6 is 12.4 Å². The SMILES string of the molecule is CC(C)CN(C(=O)CN(C)C(C)C(=O)O)C1CC1.Cl. The number of amides is 1. The molecule has 1 rings (SSSR count). The molecule has 5 nitrogen and oxygen atoms in total. The van der Waals surface area contributed by atoms with Crippen LogP contribution < -0.4 is 0 Å². The summed E-state index contributed by atoms with van der Waals surface area (Å²) in [7, 11) is 1.68. The Morgan fingerprint density at radius 3 is 2.16 bits per heavy atom. The second-order valence-electron chi connectivity index (χ2n) is 5.60. The van der Waals surface area contributed by atoms with E-state index in [-0.39, 0.29) is 24.9 Å². The minimum atomic E-state index is -0.896. The van der Waals surface area contributed by atoms with Gasteiger partial charge in [-0.3, -0.25) is 14.5 Å². The summed E-state index contributed by atoms with van der Waals surface area (Å²) < 4.78 is 0. The molecule has 1 saturated carbocycles. The van der Waals surface area contributed by atoms with Gasteiger partial charge in [0.2, 0.25) is 5.91 Å². The zero-order valence-corrected chi connectivity index (χ0v) is 12.9. The van der Waals surface area contributed by atoms with E-state index < -0.39 is 12.0 Å². The van der Waals surface area contributed by atoms with Crippen LogP contribution in [0.15, 0.2) is 0 Å². The maximum absolute atomic E-state index is 12.2. The number of hydrogen-bond acceptors (Lipinski definition) is 3. The summed E-state index contributed by atoms with van der Waals surface area (Å²) in [6.07, 6.45) is 2.16. The van der Waals surface area contributed by atoms with Crippen LogP contribution in [-0.2, 0) is 9.59 Å². The number of carbonyl (C=O) groups is 2. The zero-order valence-electron chi connectivity index (χ0n) is 12.1. The van der Waals surface area contributed by atoms with Crippen LogP contribution in [0, 0.1) is 5.92 Å². The topological polar surface area (TPSA) is 60.9 Å². The normalized spacial score (nSPS) is 16.1. The van der Waals surface area contributed by atoms with Crippen LogP contribution in [0.5, 0.6) is 0 Å². The van der Waals surface area contributed by atoms with Gasteiger partial charge in [0.1, 0.15) is 6.04 Å². The summed E-state index contributed by atoms with van der Waals surface area (Å²) in [4.78, 5) is 26.5. The maximum atomic E-state index is 12.2. The molecule has 0 aromatic rings. The maximum Gasteiger partial charge on any atom is 0.320 e. The summed E-state index contributed by atoms with van der Waals surface area (Å²) in [5.74, 6) is -0.411. The lowest BCUT2D eigenvalue weighted by molar-refractivity contribution is -0.143. The van der Waals surface area contributed by atoms with E-state index >= 15 is 0 Å². The van der Waals surface area contributed by atoms with Gasteiger partial charge in [0.15, 0.2) is 0 Å². The molecule has 1 unspecified atom stereocenters. The largest absolute Gasteiger partial charge is 0.480 e. The first-order valence-corrected chi connectivity index (χ1v) is 6.55. The number of hydrogen-bond donors (Lipinski definition) is 1. The van der Waals surface area contributed by atoms with E-state index in [0.717, 1.165) is 19.4 Å². The lowest BCUT2D eigenvalue weighted by Crippen LogP contribution is -2.46. The molecule has 19 heavy (non-hydrogen) atoms. The molecule has 1 atom stereocenters. The van der Waals surface area contributed by atoms with Crippen molar-refractivity contribution >= 4 is 24.3 Å². The first-order chi connectivity index (χ1) is 8.32. The van der Waals surface area contributed by atoms with E-state index in [1.165, 1.54) is 0 Å². The van der Waals surface area contributed by atoms with Crippen molar-refractivity contribution in [3.8, 4) is 0 Å². The Morgan fingerprint density at radius 2 is 1.79 bits per heavy atom. The summed E-state index contributed by atoms with van der Waals surface area (Å²) >= 11 is 0. The highest BCUT2D eigenvalue weighted by atomic mass is 35.5. The van der Waals surface area contributed by atoms with Crippen molar-refractivity contribution in [2.75, 3.05) is 20.1 Å². The van der Waals surface area contributed by atoms with Crippen LogP contribution in [0.2, 0.25) is 0 Å². The highest BCUT2D eigenvalue weighted by Crippen LogP contribution is 2.27. The van der Waals surface area contributed by atoms with Crippen molar-refractivity contribution in [2.45, 2.75) is 45.7 Å². The number of carbonyl (C=O) groups excluding carboxylic acids is 1. The Labute approximate surface area is 121 Å². The van der Waals surface area contributed by atoms with Gasteiger partial charge in [-0.05, 0) is 32.7 Å². The molecular formula is C13H25ClN2O3. The van der Waals surface area contributed by atoms with E-state index in [1.807, 2.05) is 4.90 Å². The smallest absolute Gasteiger partial charge is 0.320 e. The van der Waals surface area contributed by atoms with Gasteiger partial charge in [0.05, 0.1) is 6.54 Å². The monoisotopic (exact) mass is 292 g/mol. The molecule has 1 amide bonds. The molecular weight excluding hydrogens is 268 g/mol. The molecule has 1 aliphatic rings. The van der Waals surface area contributed by atoms with Gasteiger partial charge in [0, 0.05) is 12.6 Å². The number of halogens is 1. The highest BCUT2D eigenvalue weighted by Gasteiger charge is 2.33. The van der Waals surface area contributed by atoms with Crippen LogP contribution in [0.1, 0.15) is 33.6 Å². The van der Waals surface area contributed by atoms with Crippen LogP contribution in [0.4, 0.5) is 0 Å². The van der Waals surface area contributed by atoms with Gasteiger partial charge < -0.3 is 10.0 Å². The Bertz CT molecular complexity index is 319. The fraction of sp³-hybridized carbons (Fsp3) is 0.846. The van der Waals surface area contributed by atoms with Gasteiger partial charge >= 0.3 is 5.97 Å². The number of carboxylic acids is 1. The second-order valence-corrected chi connectivity index (χ2v) is 5.60. The molecule has 1 fully saturated rings. The van der Waals surface area contributed by atoms with Crippen molar-refractivity contribution < 1.29 is 14.7 Å². The molecule has 0 heterocycles. The minimum absolute atomic E-state index is 0. The number of nitrogens with zero attached hydrogens (tertiary/aromatic N) is 2. The van der Waals surface area contributed by atoms with E-state index in [1.54, 1.807) is 18.9 Å². The second kappa shape index (κ2) is 7.70. The Morgan fingerprint density at radius 1 is 1.26 bits per heavy atom. The van der Waals surface area contributed by atoms with Crippen molar-refractivity contribution in [3.63, 3.8) is 0 Å². The minimum Gasteiger partial charge on any atom is -0.480 e. The predicted octanol–water partition coefficient (Wildman–Crippen LogP) is 1.46. The number of likely N-dealkylation sites (N-methyl/N-ethyl adjacent to an activating group) is 1. The van der Waals surface area contributed by atoms with E-state index in [0.29, 0.717) is 12.0 Å². The Hall–Kier alpha value is -0.810. The van der Waals surface area contributed by atoms with Crippen molar-refractivity contribution in [1.29, 1.82) is 0 Å². The van der Waals surface area contributed by atoms with Gasteiger partial charge in [-0.25, -0.2) is 0 Å². The standard InChI is InChI=1S/C13H24N2O3.ClH/c1-9(2)7-15(11-5-6-11)12(16)8-14(4)10(3)13(17)18;/h9-11H,5-8H2,1-4H3,(H,17,18);1H. The Balaban J connectivity index is 0.00000324. The highest BCUT2D eigenvalue weighted by molar-refractivity contribution is 5.85. The zero-order chi connectivity index (χ0) is 13.9. The average molecular weight is 293 g/mol. The van der Waals surface area contributed by atoms with Gasteiger partial charge in [-0.2, -0.15) is 0 Å². The van der Waals surface area contributed by atoms with Crippen LogP contribution in [-0.4, -0.2) is 59.0 Å². The van der Waals surface area contributed by atoms with Crippen LogP contribution in [0.25, 0.3) is 0 Å². The van der Waals surface area contributed by atoms with E-state index in [2.05, 4.69) is 13.8 Å². The fourth-order valence-corrected chi connectivity index (χ4v) is 1.86. The molecule has 0 aliphatic heterocycles. The number of aliphatic carboxylic acids is 1. The van der Waals surface area contributed by atoms with Crippen molar-refractivity contribution in [3.05, 3.63) is 0 Å². The molecule has 1 aliphatic carbocycles. The number of carboxylic acid groups (broad SMARTS) is 1. The summed E-state index contributed by atoms with van der Waals surface area (Å²) in [6, 6.07) is -0.248.